The fraction of sp³-hybridized carbons (Fsp3) is 0.231. The predicted octanol–water partition coefficient (Wildman–Crippen LogP) is 6.66. The summed E-state index contributed by atoms with van der Waals surface area (Å²) >= 11 is 0. The lowest BCUT2D eigenvalue weighted by Crippen LogP contribution is -2.33. The molecule has 0 N–H and O–H groups in total. The van der Waals surface area contributed by atoms with E-state index in [0.717, 1.165) is 50.5 Å². The average molecular weight is 633 g/mol. The number of benzene rings is 4. The first kappa shape index (κ1) is 31.5. The van der Waals surface area contributed by atoms with Gasteiger partial charge in [0.2, 0.25) is 0 Å². The van der Waals surface area contributed by atoms with Gasteiger partial charge in [-0.3, -0.25) is 0 Å². The first-order chi connectivity index (χ1) is 22.8. The predicted molar refractivity (Wildman–Crippen MR) is 182 cm³/mol. The van der Waals surface area contributed by atoms with Gasteiger partial charge in [-0.1, -0.05) is 18.2 Å². The van der Waals surface area contributed by atoms with Crippen LogP contribution in [0.1, 0.15) is 22.5 Å². The second-order valence-corrected chi connectivity index (χ2v) is 11.4. The van der Waals surface area contributed by atoms with Crippen LogP contribution >= 0.6 is 0 Å². The highest BCUT2D eigenvalue weighted by atomic mass is 16.5. The van der Waals surface area contributed by atoms with E-state index in [2.05, 4.69) is 66.0 Å². The van der Waals surface area contributed by atoms with Crippen molar-refractivity contribution in [3.63, 3.8) is 0 Å². The molecule has 0 spiro atoms. The third kappa shape index (κ3) is 6.31. The highest BCUT2D eigenvalue weighted by molar-refractivity contribution is 5.88. The second-order valence-electron chi connectivity index (χ2n) is 11.4. The third-order valence-electron chi connectivity index (χ3n) is 8.66. The molecule has 2 heterocycles. The minimum atomic E-state index is 0.652. The van der Waals surface area contributed by atoms with Gasteiger partial charge >= 0.3 is 0 Å². The molecule has 6 rings (SSSR count). The van der Waals surface area contributed by atoms with E-state index >= 15 is 0 Å². The standard InChI is InChI=1S/C39H40N2O6/c1-40-16-14-27-21-36(43-4)38(45-6)23-30(27)32(40)18-25-8-11-29(12-9-25)47-34-13-10-26(20-35(34)42-3)19-33-31-24-39(46-7)37(44-5)22-28(31)15-17-41(33)2/h8-17,20-24H,18-19H2,1-7H3/q+2. The monoisotopic (exact) mass is 632 g/mol. The summed E-state index contributed by atoms with van der Waals surface area (Å²) in [5.74, 6) is 4.89. The minimum Gasteiger partial charge on any atom is -0.493 e. The van der Waals surface area contributed by atoms with Crippen molar-refractivity contribution in [2.24, 2.45) is 14.1 Å². The van der Waals surface area contributed by atoms with Gasteiger partial charge in [0.15, 0.2) is 58.3 Å². The van der Waals surface area contributed by atoms with Gasteiger partial charge in [0.1, 0.15) is 19.8 Å². The van der Waals surface area contributed by atoms with Crippen LogP contribution < -0.4 is 37.6 Å². The zero-order valence-electron chi connectivity index (χ0n) is 27.9. The van der Waals surface area contributed by atoms with Crippen LogP contribution in [0.15, 0.2) is 91.3 Å². The molecule has 2 aromatic heterocycles. The number of hydrogen-bond donors (Lipinski definition) is 0. The van der Waals surface area contributed by atoms with Crippen molar-refractivity contribution in [3.05, 3.63) is 114 Å². The molecular weight excluding hydrogens is 592 g/mol. The van der Waals surface area contributed by atoms with E-state index in [0.29, 0.717) is 40.9 Å². The molecule has 47 heavy (non-hydrogen) atoms. The smallest absolute Gasteiger partial charge is 0.193 e. The Balaban J connectivity index is 1.22. The van der Waals surface area contributed by atoms with Crippen LogP contribution in [0.25, 0.3) is 21.5 Å². The molecule has 8 nitrogen and oxygen atoms in total. The molecule has 0 aliphatic rings. The van der Waals surface area contributed by atoms with E-state index in [1.807, 2.05) is 48.5 Å². The van der Waals surface area contributed by atoms with Gasteiger partial charge in [0, 0.05) is 12.1 Å². The van der Waals surface area contributed by atoms with E-state index in [9.17, 15) is 0 Å². The Morgan fingerprint density at radius 3 is 1.36 bits per heavy atom. The Morgan fingerprint density at radius 2 is 0.872 bits per heavy atom. The molecule has 0 radical (unpaired) electrons. The minimum absolute atomic E-state index is 0.652. The number of hydrogen-bond acceptors (Lipinski definition) is 6. The third-order valence-corrected chi connectivity index (χ3v) is 8.66. The fourth-order valence-electron chi connectivity index (χ4n) is 6.04. The maximum absolute atomic E-state index is 6.31. The van der Waals surface area contributed by atoms with Crippen LogP contribution in [-0.4, -0.2) is 35.5 Å². The largest absolute Gasteiger partial charge is 0.493 e. The van der Waals surface area contributed by atoms with Crippen LogP contribution in [0, 0.1) is 0 Å². The molecule has 6 aromatic rings. The van der Waals surface area contributed by atoms with E-state index in [4.69, 9.17) is 28.4 Å². The number of ether oxygens (including phenoxy) is 6. The SMILES string of the molecule is COc1cc2cc[n+](C)c(Cc3ccc(Oc4ccc(Cc5c6cc(OC)c(OC)cc6cc[n+]5C)cc4OC)cc3)c2cc1OC. The number of methoxy groups -OCH3 is 5. The Hall–Kier alpha value is -5.50. The van der Waals surface area contributed by atoms with Gasteiger partial charge in [-0.05, 0) is 70.4 Å². The number of aromatic nitrogens is 2. The topological polar surface area (TPSA) is 63.1 Å². The van der Waals surface area contributed by atoms with Crippen LogP contribution in [-0.2, 0) is 26.9 Å². The molecule has 0 saturated heterocycles. The fourth-order valence-corrected chi connectivity index (χ4v) is 6.04. The number of pyridine rings is 2. The average Bonchev–Trinajstić information content (AvgIpc) is 3.10. The normalized spacial score (nSPS) is 11.0. The maximum Gasteiger partial charge on any atom is 0.193 e. The zero-order valence-corrected chi connectivity index (χ0v) is 27.9. The molecule has 0 atom stereocenters. The van der Waals surface area contributed by atoms with Crippen LogP contribution in [0.5, 0.6) is 40.2 Å². The van der Waals surface area contributed by atoms with Gasteiger partial charge in [0.05, 0.1) is 59.2 Å². The number of fused-ring (bicyclic) bond motifs is 2. The Bertz CT molecular complexity index is 2070. The van der Waals surface area contributed by atoms with Gasteiger partial charge in [-0.2, -0.15) is 0 Å². The van der Waals surface area contributed by atoms with Crippen molar-refractivity contribution in [2.75, 3.05) is 35.5 Å². The summed E-state index contributed by atoms with van der Waals surface area (Å²) in [7, 11) is 12.4. The van der Waals surface area contributed by atoms with E-state index in [1.165, 1.54) is 5.69 Å². The molecule has 4 aromatic carbocycles. The molecule has 8 heteroatoms. The Morgan fingerprint density at radius 1 is 0.447 bits per heavy atom. The lowest BCUT2D eigenvalue weighted by molar-refractivity contribution is -0.677. The molecule has 0 amide bonds. The summed E-state index contributed by atoms with van der Waals surface area (Å²) in [6.07, 6.45) is 5.58. The molecule has 0 aliphatic heterocycles. The van der Waals surface area contributed by atoms with Gasteiger partial charge < -0.3 is 28.4 Å². The summed E-state index contributed by atoms with van der Waals surface area (Å²) in [5, 5.41) is 4.40. The van der Waals surface area contributed by atoms with Crippen molar-refractivity contribution in [2.45, 2.75) is 12.8 Å². The first-order valence-electron chi connectivity index (χ1n) is 15.4. The number of rotatable bonds is 11. The summed E-state index contributed by atoms with van der Waals surface area (Å²) in [4.78, 5) is 0. The highest BCUT2D eigenvalue weighted by Crippen LogP contribution is 2.36. The number of aryl methyl sites for hydroxylation is 2. The maximum atomic E-state index is 6.31. The Kier molecular flexibility index (Phi) is 9.02. The highest BCUT2D eigenvalue weighted by Gasteiger charge is 2.19. The van der Waals surface area contributed by atoms with Crippen LogP contribution in [0.3, 0.4) is 0 Å². The molecule has 0 aliphatic carbocycles. The molecule has 0 unspecified atom stereocenters. The summed E-state index contributed by atoms with van der Waals surface area (Å²) in [6.45, 7) is 0. The van der Waals surface area contributed by atoms with Gasteiger partial charge in [0.25, 0.3) is 0 Å². The van der Waals surface area contributed by atoms with Crippen molar-refractivity contribution in [1.82, 2.24) is 0 Å². The number of nitrogens with zero attached hydrogens (tertiary/aromatic N) is 2. The van der Waals surface area contributed by atoms with Gasteiger partial charge in [-0.15, -0.1) is 0 Å². The lowest BCUT2D eigenvalue weighted by Gasteiger charge is -2.13. The molecule has 0 saturated carbocycles. The molecule has 0 bridgehead atoms. The van der Waals surface area contributed by atoms with Crippen LogP contribution in [0.4, 0.5) is 0 Å². The van der Waals surface area contributed by atoms with E-state index < -0.39 is 0 Å². The lowest BCUT2D eigenvalue weighted by atomic mass is 10.0. The van der Waals surface area contributed by atoms with Crippen molar-refractivity contribution < 1.29 is 37.6 Å². The summed E-state index contributed by atoms with van der Waals surface area (Å²) < 4.78 is 38.6. The summed E-state index contributed by atoms with van der Waals surface area (Å²) in [5.41, 5.74) is 4.58. The van der Waals surface area contributed by atoms with Crippen molar-refractivity contribution in [3.8, 4) is 40.2 Å². The van der Waals surface area contributed by atoms with E-state index in [-0.39, 0.29) is 0 Å². The van der Waals surface area contributed by atoms with Crippen molar-refractivity contribution >= 4 is 21.5 Å². The van der Waals surface area contributed by atoms with E-state index in [1.54, 1.807) is 35.5 Å². The molecular formula is C39H40N2O6+2. The quantitative estimate of drug-likeness (QED) is 0.149. The van der Waals surface area contributed by atoms with Crippen molar-refractivity contribution in [1.29, 1.82) is 0 Å². The van der Waals surface area contributed by atoms with Gasteiger partial charge in [-0.25, -0.2) is 9.13 Å². The molecule has 0 fully saturated rings. The summed E-state index contributed by atoms with van der Waals surface area (Å²) in [6, 6.07) is 26.6. The first-order valence-corrected chi connectivity index (χ1v) is 15.4. The van der Waals surface area contributed by atoms with Crippen LogP contribution in [0.2, 0.25) is 0 Å². The Labute approximate surface area is 275 Å². The zero-order chi connectivity index (χ0) is 33.1. The molecule has 240 valence electrons. The second kappa shape index (κ2) is 13.5.